The van der Waals surface area contributed by atoms with Crippen LogP contribution in [0.4, 0.5) is 0 Å². The van der Waals surface area contributed by atoms with Gasteiger partial charge in [-0.2, -0.15) is 0 Å². The van der Waals surface area contributed by atoms with Gasteiger partial charge in [-0.15, -0.1) is 0 Å². The minimum Gasteiger partial charge on any atom is -0.303 e. The van der Waals surface area contributed by atoms with Crippen molar-refractivity contribution in [1.29, 1.82) is 0 Å². The Morgan fingerprint density at radius 1 is 1.25 bits per heavy atom. The van der Waals surface area contributed by atoms with Gasteiger partial charge in [-0.3, -0.25) is 0 Å². The van der Waals surface area contributed by atoms with Gasteiger partial charge >= 0.3 is 0 Å². The molecule has 0 saturated carbocycles. The van der Waals surface area contributed by atoms with Crippen molar-refractivity contribution >= 4 is 16.1 Å². The molecule has 1 aliphatic rings. The molecule has 0 amide bonds. The highest BCUT2D eigenvalue weighted by molar-refractivity contribution is 7.91. The lowest BCUT2D eigenvalue weighted by atomic mass is 9.97. The highest BCUT2D eigenvalue weighted by atomic mass is 32.2. The normalized spacial score (nSPS) is 23.1. The molecule has 1 aliphatic heterocycles. The van der Waals surface area contributed by atoms with Gasteiger partial charge in [-0.05, 0) is 23.5 Å². The molecule has 0 spiro atoms. The van der Waals surface area contributed by atoms with Crippen molar-refractivity contribution in [3.63, 3.8) is 0 Å². The molecule has 4 heteroatoms. The van der Waals surface area contributed by atoms with E-state index in [9.17, 15) is 13.2 Å². The molecule has 1 unspecified atom stereocenters. The molecular weight excluding hydrogens is 224 g/mol. The van der Waals surface area contributed by atoms with Gasteiger partial charge in [-0.25, -0.2) is 8.42 Å². The summed E-state index contributed by atoms with van der Waals surface area (Å²) in [6.07, 6.45) is 2.01. The van der Waals surface area contributed by atoms with Gasteiger partial charge in [-0.1, -0.05) is 24.3 Å². The number of hydrogen-bond donors (Lipinski definition) is 0. The lowest BCUT2D eigenvalue weighted by Crippen LogP contribution is -2.03. The first-order valence-electron chi connectivity index (χ1n) is 5.33. The van der Waals surface area contributed by atoms with E-state index in [1.807, 2.05) is 24.3 Å². The molecule has 1 aromatic carbocycles. The third kappa shape index (κ3) is 2.50. The van der Waals surface area contributed by atoms with Gasteiger partial charge < -0.3 is 4.79 Å². The Labute approximate surface area is 95.4 Å². The standard InChI is InChI=1S/C12H14O3S/c13-7-5-10-1-3-11(4-2-10)12-6-8-16(14,15)9-12/h1-4,7,12H,5-6,8-9H2. The van der Waals surface area contributed by atoms with Crippen LogP contribution in [-0.4, -0.2) is 26.2 Å². The van der Waals surface area contributed by atoms with Gasteiger partial charge in [0.2, 0.25) is 0 Å². The Kier molecular flexibility index (Phi) is 3.10. The molecule has 1 heterocycles. The van der Waals surface area contributed by atoms with Gasteiger partial charge in [0.25, 0.3) is 0 Å². The lowest BCUT2D eigenvalue weighted by molar-refractivity contribution is -0.107. The monoisotopic (exact) mass is 238 g/mol. The minimum absolute atomic E-state index is 0.135. The van der Waals surface area contributed by atoms with E-state index in [-0.39, 0.29) is 11.7 Å². The number of benzene rings is 1. The van der Waals surface area contributed by atoms with Gasteiger partial charge in [0.15, 0.2) is 9.84 Å². The Morgan fingerprint density at radius 2 is 1.94 bits per heavy atom. The molecule has 16 heavy (non-hydrogen) atoms. The van der Waals surface area contributed by atoms with Crippen LogP contribution in [0.2, 0.25) is 0 Å². The van der Waals surface area contributed by atoms with Crippen LogP contribution in [0.25, 0.3) is 0 Å². The maximum absolute atomic E-state index is 11.3. The summed E-state index contributed by atoms with van der Waals surface area (Å²) in [4.78, 5) is 10.3. The van der Waals surface area contributed by atoms with Crippen LogP contribution >= 0.6 is 0 Å². The Bertz CT molecular complexity index is 473. The second kappa shape index (κ2) is 4.37. The summed E-state index contributed by atoms with van der Waals surface area (Å²) in [5.41, 5.74) is 2.04. The first kappa shape index (κ1) is 11.3. The summed E-state index contributed by atoms with van der Waals surface area (Å²) in [5, 5.41) is 0. The summed E-state index contributed by atoms with van der Waals surface area (Å²) in [6.45, 7) is 0. The number of hydrogen-bond acceptors (Lipinski definition) is 3. The second-order valence-electron chi connectivity index (χ2n) is 4.21. The molecule has 2 rings (SSSR count). The fourth-order valence-electron chi connectivity index (χ4n) is 2.08. The molecule has 0 aliphatic carbocycles. The number of sulfone groups is 1. The lowest BCUT2D eigenvalue weighted by Gasteiger charge is -2.08. The molecule has 86 valence electrons. The molecule has 3 nitrogen and oxygen atoms in total. The maximum atomic E-state index is 11.3. The molecular formula is C12H14O3S. The first-order valence-corrected chi connectivity index (χ1v) is 7.16. The molecule has 0 N–H and O–H groups in total. The molecule has 1 fully saturated rings. The number of aldehydes is 1. The summed E-state index contributed by atoms with van der Waals surface area (Å²) < 4.78 is 22.7. The second-order valence-corrected chi connectivity index (χ2v) is 6.44. The van der Waals surface area contributed by atoms with E-state index in [1.165, 1.54) is 0 Å². The van der Waals surface area contributed by atoms with E-state index in [2.05, 4.69) is 0 Å². The predicted molar refractivity (Wildman–Crippen MR) is 62.2 cm³/mol. The van der Waals surface area contributed by atoms with Crippen LogP contribution in [0.3, 0.4) is 0 Å². The topological polar surface area (TPSA) is 51.2 Å². The van der Waals surface area contributed by atoms with E-state index in [0.717, 1.165) is 23.8 Å². The van der Waals surface area contributed by atoms with Crippen molar-refractivity contribution in [2.45, 2.75) is 18.8 Å². The van der Waals surface area contributed by atoms with Gasteiger partial charge in [0, 0.05) is 6.42 Å². The molecule has 1 saturated heterocycles. The fraction of sp³-hybridized carbons (Fsp3) is 0.417. The zero-order chi connectivity index (χ0) is 11.6. The average Bonchev–Trinajstić information content (AvgIpc) is 2.61. The van der Waals surface area contributed by atoms with Crippen LogP contribution in [-0.2, 0) is 21.1 Å². The number of carbonyl (C=O) groups excluding carboxylic acids is 1. The first-order chi connectivity index (χ1) is 7.61. The van der Waals surface area contributed by atoms with E-state index < -0.39 is 9.84 Å². The summed E-state index contributed by atoms with van der Waals surface area (Å²) in [6, 6.07) is 7.66. The van der Waals surface area contributed by atoms with Gasteiger partial charge in [0.1, 0.15) is 6.29 Å². The van der Waals surface area contributed by atoms with Gasteiger partial charge in [0.05, 0.1) is 11.5 Å². The van der Waals surface area contributed by atoms with E-state index in [4.69, 9.17) is 0 Å². The third-order valence-electron chi connectivity index (χ3n) is 3.00. The van der Waals surface area contributed by atoms with Crippen molar-refractivity contribution in [2.24, 2.45) is 0 Å². The van der Waals surface area contributed by atoms with Crippen molar-refractivity contribution < 1.29 is 13.2 Å². The Hall–Kier alpha value is -1.16. The Morgan fingerprint density at radius 3 is 2.44 bits per heavy atom. The van der Waals surface area contributed by atoms with Crippen LogP contribution in [0, 0.1) is 0 Å². The highest BCUT2D eigenvalue weighted by Crippen LogP contribution is 2.28. The van der Waals surface area contributed by atoms with Crippen molar-refractivity contribution in [2.75, 3.05) is 11.5 Å². The van der Waals surface area contributed by atoms with Crippen LogP contribution in [0.1, 0.15) is 23.5 Å². The molecule has 1 aromatic rings. The SMILES string of the molecule is O=CCc1ccc(C2CCS(=O)(=O)C2)cc1. The molecule has 0 bridgehead atoms. The average molecular weight is 238 g/mol. The number of carbonyl (C=O) groups is 1. The van der Waals surface area contributed by atoms with Crippen LogP contribution < -0.4 is 0 Å². The van der Waals surface area contributed by atoms with Crippen LogP contribution in [0.15, 0.2) is 24.3 Å². The maximum Gasteiger partial charge on any atom is 0.150 e. The van der Waals surface area contributed by atoms with E-state index in [1.54, 1.807) is 0 Å². The van der Waals surface area contributed by atoms with Crippen molar-refractivity contribution in [3.8, 4) is 0 Å². The van der Waals surface area contributed by atoms with Crippen molar-refractivity contribution in [3.05, 3.63) is 35.4 Å². The molecule has 0 radical (unpaired) electrons. The van der Waals surface area contributed by atoms with E-state index in [0.29, 0.717) is 12.2 Å². The quantitative estimate of drug-likeness (QED) is 0.746. The van der Waals surface area contributed by atoms with Crippen LogP contribution in [0.5, 0.6) is 0 Å². The molecule has 0 aromatic heterocycles. The predicted octanol–water partition coefficient (Wildman–Crippen LogP) is 1.33. The zero-order valence-electron chi connectivity index (χ0n) is 8.93. The van der Waals surface area contributed by atoms with Crippen molar-refractivity contribution in [1.82, 2.24) is 0 Å². The third-order valence-corrected chi connectivity index (χ3v) is 4.77. The highest BCUT2D eigenvalue weighted by Gasteiger charge is 2.28. The summed E-state index contributed by atoms with van der Waals surface area (Å²) >= 11 is 0. The fourth-order valence-corrected chi connectivity index (χ4v) is 3.86. The summed E-state index contributed by atoms with van der Waals surface area (Å²) in [5.74, 6) is 0.698. The van der Waals surface area contributed by atoms with E-state index >= 15 is 0 Å². The zero-order valence-corrected chi connectivity index (χ0v) is 9.74. The largest absolute Gasteiger partial charge is 0.303 e. The molecule has 1 atom stereocenters. The number of rotatable bonds is 3. The summed E-state index contributed by atoms with van der Waals surface area (Å²) in [7, 11) is -2.82. The smallest absolute Gasteiger partial charge is 0.150 e. The minimum atomic E-state index is -2.82. The Balaban J connectivity index is 2.14.